The van der Waals surface area contributed by atoms with Crippen molar-refractivity contribution in [1.29, 1.82) is 0 Å². The zero-order valence-electron chi connectivity index (χ0n) is 14.0. The summed E-state index contributed by atoms with van der Waals surface area (Å²) in [6.45, 7) is 1.34. The number of piperazine rings is 1. The third-order valence-electron chi connectivity index (χ3n) is 4.21. The van der Waals surface area contributed by atoms with Crippen LogP contribution >= 0.6 is 11.6 Å². The molecule has 2 aromatic rings. The maximum absolute atomic E-state index is 13.8. The number of amides is 2. The lowest BCUT2D eigenvalue weighted by Gasteiger charge is -2.34. The number of nitrogens with zero attached hydrogens (tertiary/aromatic N) is 2. The molecule has 3 rings (SSSR count). The van der Waals surface area contributed by atoms with Crippen molar-refractivity contribution in [3.63, 3.8) is 0 Å². The average Bonchev–Trinajstić information content (AvgIpc) is 2.67. The van der Waals surface area contributed by atoms with Gasteiger partial charge in [-0.1, -0.05) is 35.9 Å². The summed E-state index contributed by atoms with van der Waals surface area (Å²) < 4.78 is 19.2. The molecule has 1 fully saturated rings. The molecule has 7 heteroatoms. The van der Waals surface area contributed by atoms with Gasteiger partial charge in [0.25, 0.3) is 11.8 Å². The molecule has 1 aliphatic heterocycles. The highest BCUT2D eigenvalue weighted by Gasteiger charge is 2.26. The lowest BCUT2D eigenvalue weighted by atomic mass is 10.1. The van der Waals surface area contributed by atoms with Gasteiger partial charge in [0.2, 0.25) is 0 Å². The fraction of sp³-hybridized carbons (Fsp3) is 0.263. The maximum atomic E-state index is 13.8. The third kappa shape index (κ3) is 4.14. The predicted molar refractivity (Wildman–Crippen MR) is 95.8 cm³/mol. The first-order valence-corrected chi connectivity index (χ1v) is 8.63. The highest BCUT2D eigenvalue weighted by molar-refractivity contribution is 6.32. The lowest BCUT2D eigenvalue weighted by molar-refractivity contribution is -0.134. The van der Waals surface area contributed by atoms with Gasteiger partial charge in [0.1, 0.15) is 11.6 Å². The molecule has 0 bridgehead atoms. The van der Waals surface area contributed by atoms with Gasteiger partial charge in [-0.3, -0.25) is 9.59 Å². The van der Waals surface area contributed by atoms with Crippen LogP contribution in [0.5, 0.6) is 5.75 Å². The van der Waals surface area contributed by atoms with Crippen molar-refractivity contribution in [2.75, 3.05) is 32.8 Å². The van der Waals surface area contributed by atoms with E-state index in [0.29, 0.717) is 37.0 Å². The van der Waals surface area contributed by atoms with Gasteiger partial charge in [0.15, 0.2) is 6.61 Å². The van der Waals surface area contributed by atoms with E-state index in [1.54, 1.807) is 46.2 Å². The van der Waals surface area contributed by atoms with Gasteiger partial charge in [0, 0.05) is 26.2 Å². The van der Waals surface area contributed by atoms with Crippen LogP contribution in [0.3, 0.4) is 0 Å². The van der Waals surface area contributed by atoms with Crippen molar-refractivity contribution in [2.45, 2.75) is 0 Å². The normalized spacial score (nSPS) is 14.2. The minimum absolute atomic E-state index is 0.0503. The van der Waals surface area contributed by atoms with Crippen LogP contribution in [0.4, 0.5) is 4.39 Å². The van der Waals surface area contributed by atoms with E-state index in [2.05, 4.69) is 0 Å². The number of carbonyl (C=O) groups excluding carboxylic acids is 2. The van der Waals surface area contributed by atoms with Gasteiger partial charge >= 0.3 is 0 Å². The number of hydrogen-bond acceptors (Lipinski definition) is 3. The second-order valence-electron chi connectivity index (χ2n) is 5.87. The van der Waals surface area contributed by atoms with Crippen molar-refractivity contribution < 1.29 is 18.7 Å². The number of hydrogen-bond donors (Lipinski definition) is 0. The van der Waals surface area contributed by atoms with Crippen molar-refractivity contribution in [2.24, 2.45) is 0 Å². The first kappa shape index (κ1) is 18.2. The second-order valence-corrected chi connectivity index (χ2v) is 6.28. The molecule has 1 aliphatic rings. The molecule has 2 aromatic carbocycles. The Morgan fingerprint density at radius 1 is 0.962 bits per heavy atom. The van der Waals surface area contributed by atoms with Crippen LogP contribution in [-0.2, 0) is 4.79 Å². The Balaban J connectivity index is 1.52. The Hall–Kier alpha value is -2.60. The van der Waals surface area contributed by atoms with Gasteiger partial charge in [-0.05, 0) is 24.3 Å². The quantitative estimate of drug-likeness (QED) is 0.824. The highest BCUT2D eigenvalue weighted by atomic mass is 35.5. The first-order valence-electron chi connectivity index (χ1n) is 8.25. The second kappa shape index (κ2) is 8.19. The topological polar surface area (TPSA) is 49.9 Å². The van der Waals surface area contributed by atoms with Crippen molar-refractivity contribution in [1.82, 2.24) is 9.80 Å². The molecule has 0 aliphatic carbocycles. The van der Waals surface area contributed by atoms with E-state index in [1.807, 2.05) is 0 Å². The number of rotatable bonds is 4. The number of carbonyl (C=O) groups is 2. The Kier molecular flexibility index (Phi) is 5.73. The minimum Gasteiger partial charge on any atom is -0.482 e. The summed E-state index contributed by atoms with van der Waals surface area (Å²) in [4.78, 5) is 27.8. The molecule has 1 heterocycles. The number of ether oxygens (including phenoxy) is 1. The van der Waals surface area contributed by atoms with Crippen LogP contribution in [0.25, 0.3) is 0 Å². The molecule has 136 valence electrons. The van der Waals surface area contributed by atoms with Gasteiger partial charge in [0.05, 0.1) is 10.6 Å². The van der Waals surface area contributed by atoms with Crippen molar-refractivity contribution >= 4 is 23.4 Å². The van der Waals surface area contributed by atoms with E-state index >= 15 is 0 Å². The summed E-state index contributed by atoms with van der Waals surface area (Å²) >= 11 is 5.99. The third-order valence-corrected chi connectivity index (χ3v) is 4.52. The smallest absolute Gasteiger partial charge is 0.260 e. The van der Waals surface area contributed by atoms with Gasteiger partial charge in [-0.25, -0.2) is 4.39 Å². The summed E-state index contributed by atoms with van der Waals surface area (Å²) in [7, 11) is 0. The van der Waals surface area contributed by atoms with E-state index in [9.17, 15) is 14.0 Å². The van der Waals surface area contributed by atoms with E-state index in [0.717, 1.165) is 0 Å². The monoisotopic (exact) mass is 376 g/mol. The Bertz CT molecular complexity index is 807. The number of halogens is 2. The fourth-order valence-electron chi connectivity index (χ4n) is 2.76. The molecule has 0 spiro atoms. The van der Waals surface area contributed by atoms with E-state index < -0.39 is 5.82 Å². The molecule has 2 amide bonds. The molecule has 1 saturated heterocycles. The summed E-state index contributed by atoms with van der Waals surface area (Å²) in [5, 5.41) is 0.445. The van der Waals surface area contributed by atoms with Gasteiger partial charge in [-0.15, -0.1) is 0 Å². The largest absolute Gasteiger partial charge is 0.482 e. The van der Waals surface area contributed by atoms with E-state index in [1.165, 1.54) is 12.1 Å². The van der Waals surface area contributed by atoms with Crippen LogP contribution in [0.15, 0.2) is 48.5 Å². The average molecular weight is 377 g/mol. The standard InChI is InChI=1S/C19H18ClFN2O3/c20-15-6-2-4-8-17(15)26-13-18(24)22-9-11-23(12-10-22)19(25)14-5-1-3-7-16(14)21/h1-8H,9-13H2. The van der Waals surface area contributed by atoms with Crippen LogP contribution < -0.4 is 4.74 Å². The molecule has 26 heavy (non-hydrogen) atoms. The Morgan fingerprint density at radius 2 is 1.58 bits per heavy atom. The van der Waals surface area contributed by atoms with E-state index in [-0.39, 0.29) is 24.0 Å². The number of para-hydroxylation sites is 1. The molecule has 0 aromatic heterocycles. The summed E-state index contributed by atoms with van der Waals surface area (Å²) in [6, 6.07) is 12.8. The molecule has 0 atom stereocenters. The van der Waals surface area contributed by atoms with Gasteiger partial charge < -0.3 is 14.5 Å². The molecular formula is C19H18ClFN2O3. The van der Waals surface area contributed by atoms with Crippen LogP contribution in [-0.4, -0.2) is 54.4 Å². The highest BCUT2D eigenvalue weighted by Crippen LogP contribution is 2.23. The summed E-state index contributed by atoms with van der Waals surface area (Å²) in [5.41, 5.74) is 0.0503. The minimum atomic E-state index is -0.538. The van der Waals surface area contributed by atoms with Gasteiger partial charge in [-0.2, -0.15) is 0 Å². The summed E-state index contributed by atoms with van der Waals surface area (Å²) in [5.74, 6) is -0.620. The fourth-order valence-corrected chi connectivity index (χ4v) is 2.95. The molecule has 5 nitrogen and oxygen atoms in total. The zero-order chi connectivity index (χ0) is 18.5. The molecule has 0 saturated carbocycles. The molecule has 0 radical (unpaired) electrons. The lowest BCUT2D eigenvalue weighted by Crippen LogP contribution is -2.51. The molecule has 0 N–H and O–H groups in total. The Labute approximate surface area is 155 Å². The first-order chi connectivity index (χ1) is 12.6. The Morgan fingerprint density at radius 3 is 2.27 bits per heavy atom. The van der Waals surface area contributed by atoms with Crippen molar-refractivity contribution in [3.05, 3.63) is 64.9 Å². The molecular weight excluding hydrogens is 359 g/mol. The predicted octanol–water partition coefficient (Wildman–Crippen LogP) is 2.84. The SMILES string of the molecule is O=C(COc1ccccc1Cl)N1CCN(C(=O)c2ccccc2F)CC1. The van der Waals surface area contributed by atoms with Crippen molar-refractivity contribution in [3.8, 4) is 5.75 Å². The molecule has 0 unspecified atom stereocenters. The van der Waals surface area contributed by atoms with Crippen LogP contribution in [0, 0.1) is 5.82 Å². The maximum Gasteiger partial charge on any atom is 0.260 e. The summed E-state index contributed by atoms with van der Waals surface area (Å²) in [6.07, 6.45) is 0. The van der Waals surface area contributed by atoms with Crippen LogP contribution in [0.2, 0.25) is 5.02 Å². The van der Waals surface area contributed by atoms with Crippen LogP contribution in [0.1, 0.15) is 10.4 Å². The zero-order valence-corrected chi connectivity index (χ0v) is 14.8. The van der Waals surface area contributed by atoms with E-state index in [4.69, 9.17) is 16.3 Å². The number of benzene rings is 2.